The van der Waals surface area contributed by atoms with Crippen molar-refractivity contribution >= 4 is 43.1 Å². The van der Waals surface area contributed by atoms with Crippen molar-refractivity contribution in [1.82, 2.24) is 15.1 Å². The summed E-state index contributed by atoms with van der Waals surface area (Å²) in [5, 5.41) is 2.78. The Morgan fingerprint density at radius 2 is 1.50 bits per heavy atom. The molecule has 140 valence electrons. The van der Waals surface area contributed by atoms with Crippen LogP contribution in [-0.4, -0.2) is 55.0 Å². The van der Waals surface area contributed by atoms with Crippen molar-refractivity contribution in [1.29, 1.82) is 0 Å². The van der Waals surface area contributed by atoms with Crippen LogP contribution in [0.15, 0.2) is 24.3 Å². The number of carbonyl (C=O) groups excluding carboxylic acids is 1. The van der Waals surface area contributed by atoms with Gasteiger partial charge in [-0.3, -0.25) is 9.69 Å². The third kappa shape index (κ3) is 8.51. The zero-order valence-corrected chi connectivity index (χ0v) is 16.5. The lowest BCUT2D eigenvalue weighted by atomic mass is 10.1. The topological polar surface area (TPSA) is 61.6 Å². The number of halogens is 3. The number of carbonyl (C=O) groups is 1. The van der Waals surface area contributed by atoms with Crippen molar-refractivity contribution in [3.63, 3.8) is 0 Å². The smallest absolute Gasteiger partial charge is 0.234 e. The number of piperazine rings is 1. The summed E-state index contributed by atoms with van der Waals surface area (Å²) in [5.74, 6) is -0.118. The van der Waals surface area contributed by atoms with Crippen molar-refractivity contribution < 1.29 is 4.79 Å². The van der Waals surface area contributed by atoms with Gasteiger partial charge in [0.05, 0.1) is 6.54 Å². The fraction of sp³-hybridized carbons (Fsp3) is 0.562. The number of rotatable bonds is 6. The number of nitrogens with zero attached hydrogens (tertiary/aromatic N) is 2. The molecule has 0 aromatic heterocycles. The summed E-state index contributed by atoms with van der Waals surface area (Å²) in [4.78, 5) is 16.1. The number of hydrogen-bond acceptors (Lipinski definition) is 4. The number of hydrogen-bond donors (Lipinski definition) is 2. The number of nitrogens with two attached hydrogens (primary N) is 1. The van der Waals surface area contributed by atoms with Crippen LogP contribution in [0, 0.1) is 0 Å². The Hall–Kier alpha value is -0.560. The summed E-state index contributed by atoms with van der Waals surface area (Å²) in [5.41, 5.74) is 7.70. The highest BCUT2D eigenvalue weighted by Gasteiger charge is 2.15. The fourth-order valence-corrected chi connectivity index (χ4v) is 2.56. The summed E-state index contributed by atoms with van der Waals surface area (Å²) in [6, 6.07) is 8.45. The van der Waals surface area contributed by atoms with Gasteiger partial charge >= 0.3 is 0 Å². The lowest BCUT2D eigenvalue weighted by molar-refractivity contribution is -0.119. The highest BCUT2D eigenvalue weighted by atomic mass is 35.5. The Labute approximate surface area is 163 Å². The minimum absolute atomic E-state index is 0. The molecule has 2 rings (SSSR count). The summed E-state index contributed by atoms with van der Waals surface area (Å²) in [7, 11) is 0. The Morgan fingerprint density at radius 3 is 2.00 bits per heavy atom. The molecular formula is C16H29Cl3N4O. The van der Waals surface area contributed by atoms with E-state index in [1.54, 1.807) is 0 Å². The van der Waals surface area contributed by atoms with Gasteiger partial charge in [-0.1, -0.05) is 31.2 Å². The first-order chi connectivity index (χ1) is 10.2. The van der Waals surface area contributed by atoms with Gasteiger partial charge < -0.3 is 16.0 Å². The van der Waals surface area contributed by atoms with Crippen LogP contribution in [0.3, 0.4) is 0 Å². The van der Waals surface area contributed by atoms with Crippen molar-refractivity contribution in [2.45, 2.75) is 20.0 Å². The lowest BCUT2D eigenvalue weighted by Crippen LogP contribution is -2.45. The largest absolute Gasteiger partial charge is 0.351 e. The van der Waals surface area contributed by atoms with E-state index < -0.39 is 0 Å². The summed E-state index contributed by atoms with van der Waals surface area (Å²) < 4.78 is 0. The van der Waals surface area contributed by atoms with Crippen molar-refractivity contribution in [2.75, 3.05) is 39.3 Å². The molecule has 8 heteroatoms. The normalized spacial score (nSPS) is 14.8. The number of nitrogens with one attached hydrogen (secondary N) is 1. The standard InChI is InChI=1S/C16H26N4O.3ClH/c1-2-19-7-9-20(10-8-19)13-15-5-3-14(4-6-15)12-18-16(21)11-17;;;/h3-6H,2,7-13,17H2,1H3,(H,18,21);3*1H. The second-order valence-electron chi connectivity index (χ2n) is 5.51. The first kappa shape index (κ1) is 25.7. The highest BCUT2D eigenvalue weighted by molar-refractivity contribution is 5.86. The lowest BCUT2D eigenvalue weighted by Gasteiger charge is -2.34. The van der Waals surface area contributed by atoms with Crippen molar-refractivity contribution in [2.24, 2.45) is 5.73 Å². The Morgan fingerprint density at radius 1 is 1.00 bits per heavy atom. The average Bonchev–Trinajstić information content (AvgIpc) is 2.54. The average molecular weight is 400 g/mol. The molecule has 1 aromatic carbocycles. The highest BCUT2D eigenvalue weighted by Crippen LogP contribution is 2.10. The van der Waals surface area contributed by atoms with E-state index in [1.165, 1.54) is 18.7 Å². The van der Waals surface area contributed by atoms with Gasteiger partial charge in [-0.25, -0.2) is 0 Å². The van der Waals surface area contributed by atoms with Crippen LogP contribution in [0.1, 0.15) is 18.1 Å². The zero-order valence-electron chi connectivity index (χ0n) is 14.1. The molecule has 0 atom stereocenters. The van der Waals surface area contributed by atoms with Gasteiger partial charge in [0, 0.05) is 39.3 Å². The molecule has 1 amide bonds. The van der Waals surface area contributed by atoms with E-state index in [-0.39, 0.29) is 49.7 Å². The van der Waals surface area contributed by atoms with Crippen LogP contribution < -0.4 is 11.1 Å². The van der Waals surface area contributed by atoms with Crippen LogP contribution in [0.5, 0.6) is 0 Å². The quantitative estimate of drug-likeness (QED) is 0.764. The predicted molar refractivity (Wildman–Crippen MR) is 106 cm³/mol. The maximum Gasteiger partial charge on any atom is 0.234 e. The van der Waals surface area contributed by atoms with Gasteiger partial charge in [0.25, 0.3) is 0 Å². The van der Waals surface area contributed by atoms with Crippen LogP contribution in [-0.2, 0) is 17.9 Å². The van der Waals surface area contributed by atoms with Crippen LogP contribution >= 0.6 is 37.2 Å². The molecule has 5 nitrogen and oxygen atoms in total. The van der Waals surface area contributed by atoms with Gasteiger partial charge in [-0.2, -0.15) is 0 Å². The maximum atomic E-state index is 11.1. The van der Waals surface area contributed by atoms with E-state index in [0.717, 1.165) is 31.7 Å². The third-order valence-electron chi connectivity index (χ3n) is 4.02. The minimum Gasteiger partial charge on any atom is -0.351 e. The van der Waals surface area contributed by atoms with Crippen molar-refractivity contribution in [3.8, 4) is 0 Å². The first-order valence-corrected chi connectivity index (χ1v) is 7.70. The van der Waals surface area contributed by atoms with Gasteiger partial charge in [0.2, 0.25) is 5.91 Å². The van der Waals surface area contributed by atoms with E-state index in [1.807, 2.05) is 0 Å². The molecule has 1 saturated heterocycles. The number of benzene rings is 1. The Kier molecular flexibility index (Phi) is 14.7. The van der Waals surface area contributed by atoms with E-state index in [0.29, 0.717) is 6.54 Å². The van der Waals surface area contributed by atoms with Gasteiger partial charge in [0.1, 0.15) is 0 Å². The van der Waals surface area contributed by atoms with Crippen molar-refractivity contribution in [3.05, 3.63) is 35.4 Å². The molecule has 0 radical (unpaired) electrons. The van der Waals surface area contributed by atoms with E-state index in [2.05, 4.69) is 46.3 Å². The molecule has 1 fully saturated rings. The van der Waals surface area contributed by atoms with Gasteiger partial charge in [0.15, 0.2) is 0 Å². The molecule has 1 heterocycles. The van der Waals surface area contributed by atoms with Crippen LogP contribution in [0.4, 0.5) is 0 Å². The molecule has 1 aromatic rings. The summed E-state index contributed by atoms with van der Waals surface area (Å²) >= 11 is 0. The molecular weight excluding hydrogens is 371 g/mol. The monoisotopic (exact) mass is 398 g/mol. The summed E-state index contributed by atoms with van der Waals surface area (Å²) in [6.45, 7) is 9.58. The molecule has 3 N–H and O–H groups in total. The zero-order chi connectivity index (χ0) is 15.1. The predicted octanol–water partition coefficient (Wildman–Crippen LogP) is 1.66. The molecule has 0 saturated carbocycles. The number of amides is 1. The minimum atomic E-state index is -0.118. The molecule has 0 spiro atoms. The van der Waals surface area contributed by atoms with Gasteiger partial charge in [-0.15, -0.1) is 37.2 Å². The molecule has 0 unspecified atom stereocenters. The van der Waals surface area contributed by atoms with Gasteiger partial charge in [-0.05, 0) is 17.7 Å². The summed E-state index contributed by atoms with van der Waals surface area (Å²) in [6.07, 6.45) is 0. The maximum absolute atomic E-state index is 11.1. The van der Waals surface area contributed by atoms with Crippen LogP contribution in [0.25, 0.3) is 0 Å². The fourth-order valence-electron chi connectivity index (χ4n) is 2.56. The third-order valence-corrected chi connectivity index (χ3v) is 4.02. The first-order valence-electron chi connectivity index (χ1n) is 7.70. The molecule has 1 aliphatic heterocycles. The van der Waals surface area contributed by atoms with E-state index in [9.17, 15) is 4.79 Å². The SMILES string of the molecule is CCN1CCN(Cc2ccc(CNC(=O)CN)cc2)CC1.Cl.Cl.Cl. The van der Waals surface area contributed by atoms with E-state index in [4.69, 9.17) is 5.73 Å². The molecule has 1 aliphatic rings. The Bertz CT molecular complexity index is 451. The Balaban J connectivity index is 0. The van der Waals surface area contributed by atoms with E-state index >= 15 is 0 Å². The second kappa shape index (κ2) is 13.7. The second-order valence-corrected chi connectivity index (χ2v) is 5.51. The molecule has 0 aliphatic carbocycles. The van der Waals surface area contributed by atoms with Crippen LogP contribution in [0.2, 0.25) is 0 Å². The molecule has 0 bridgehead atoms. The molecule has 24 heavy (non-hydrogen) atoms. The number of likely N-dealkylation sites (N-methyl/N-ethyl adjacent to an activating group) is 1.